The Balaban J connectivity index is 2.23. The number of hydrogen-bond acceptors (Lipinski definition) is 2. The predicted octanol–water partition coefficient (Wildman–Crippen LogP) is 4.04. The zero-order chi connectivity index (χ0) is 16.3. The van der Waals surface area contributed by atoms with E-state index in [-0.39, 0.29) is 29.6 Å². The molecule has 4 nitrogen and oxygen atoms in total. The zero-order valence-corrected chi connectivity index (χ0v) is 13.8. The van der Waals surface area contributed by atoms with Gasteiger partial charge in [-0.05, 0) is 49.4 Å². The van der Waals surface area contributed by atoms with Crippen LogP contribution in [0.1, 0.15) is 65.2 Å². The van der Waals surface area contributed by atoms with Gasteiger partial charge in [-0.2, -0.15) is 0 Å². The van der Waals surface area contributed by atoms with Crippen molar-refractivity contribution >= 4 is 11.9 Å². The molecule has 0 aromatic heterocycles. The van der Waals surface area contributed by atoms with E-state index < -0.39 is 11.9 Å². The molecule has 2 saturated carbocycles. The molecule has 22 heavy (non-hydrogen) atoms. The van der Waals surface area contributed by atoms with Gasteiger partial charge in [-0.1, -0.05) is 39.5 Å². The number of rotatable bonds is 6. The molecule has 0 amide bonds. The molecule has 2 rings (SSSR count). The Labute approximate surface area is 133 Å². The Morgan fingerprint density at radius 1 is 0.909 bits per heavy atom. The molecule has 0 radical (unpaired) electrons. The third-order valence-electron chi connectivity index (χ3n) is 5.97. The topological polar surface area (TPSA) is 74.6 Å². The van der Waals surface area contributed by atoms with Gasteiger partial charge in [0.1, 0.15) is 0 Å². The summed E-state index contributed by atoms with van der Waals surface area (Å²) in [5.74, 6) is -0.668. The minimum atomic E-state index is -0.691. The maximum atomic E-state index is 11.8. The molecule has 0 aromatic rings. The summed E-state index contributed by atoms with van der Waals surface area (Å²) in [4.78, 5) is 23.3. The molecule has 0 bridgehead atoms. The van der Waals surface area contributed by atoms with E-state index >= 15 is 0 Å². The minimum Gasteiger partial charge on any atom is -0.481 e. The number of carboxylic acid groups (broad SMARTS) is 2. The molecular weight excluding hydrogens is 280 g/mol. The monoisotopic (exact) mass is 310 g/mol. The highest BCUT2D eigenvalue weighted by Crippen LogP contribution is 2.52. The zero-order valence-electron chi connectivity index (χ0n) is 13.8. The fourth-order valence-corrected chi connectivity index (χ4v) is 5.27. The van der Waals surface area contributed by atoms with Crippen molar-refractivity contribution in [2.75, 3.05) is 0 Å². The van der Waals surface area contributed by atoms with Gasteiger partial charge in [0.25, 0.3) is 0 Å². The standard InChI is InChI=1S/C18H30O4/c1-3-5-11-7-13-10-14(17(19)20)9-12(6-4-2)16(13)15(8-11)18(21)22/h11-16H,3-10H2,1-2H3,(H,19,20)(H,21,22). The third-order valence-corrected chi connectivity index (χ3v) is 5.97. The molecule has 126 valence electrons. The molecule has 4 heteroatoms. The van der Waals surface area contributed by atoms with Crippen LogP contribution in [0.25, 0.3) is 0 Å². The van der Waals surface area contributed by atoms with Gasteiger partial charge in [0.2, 0.25) is 0 Å². The highest BCUT2D eigenvalue weighted by atomic mass is 16.4. The van der Waals surface area contributed by atoms with Gasteiger partial charge in [-0.3, -0.25) is 9.59 Å². The van der Waals surface area contributed by atoms with Crippen LogP contribution < -0.4 is 0 Å². The number of aliphatic carboxylic acids is 2. The van der Waals surface area contributed by atoms with E-state index in [0.29, 0.717) is 18.8 Å². The van der Waals surface area contributed by atoms with E-state index in [2.05, 4.69) is 13.8 Å². The fraction of sp³-hybridized carbons (Fsp3) is 0.889. The second kappa shape index (κ2) is 7.47. The number of fused-ring (bicyclic) bond motifs is 1. The van der Waals surface area contributed by atoms with Crippen molar-refractivity contribution in [2.45, 2.75) is 65.2 Å². The molecule has 2 N–H and O–H groups in total. The maximum absolute atomic E-state index is 11.8. The van der Waals surface area contributed by atoms with Gasteiger partial charge in [0.15, 0.2) is 0 Å². The van der Waals surface area contributed by atoms with Crippen LogP contribution in [0, 0.1) is 35.5 Å². The SMILES string of the molecule is CCCC1CC2CC(C(=O)O)CC(CCC)C2C(C(=O)O)C1. The lowest BCUT2D eigenvalue weighted by Gasteiger charge is -2.49. The summed E-state index contributed by atoms with van der Waals surface area (Å²) >= 11 is 0. The van der Waals surface area contributed by atoms with Crippen molar-refractivity contribution in [3.8, 4) is 0 Å². The summed E-state index contributed by atoms with van der Waals surface area (Å²) in [6.07, 6.45) is 7.31. The minimum absolute atomic E-state index is 0.196. The van der Waals surface area contributed by atoms with E-state index in [0.717, 1.165) is 38.5 Å². The molecule has 0 aromatic carbocycles. The number of hydrogen-bond donors (Lipinski definition) is 2. The van der Waals surface area contributed by atoms with Crippen molar-refractivity contribution in [2.24, 2.45) is 35.5 Å². The second-order valence-corrected chi connectivity index (χ2v) is 7.46. The molecule has 6 atom stereocenters. The van der Waals surface area contributed by atoms with Gasteiger partial charge in [0.05, 0.1) is 11.8 Å². The summed E-state index contributed by atoms with van der Waals surface area (Å²) < 4.78 is 0. The second-order valence-electron chi connectivity index (χ2n) is 7.46. The fourth-order valence-electron chi connectivity index (χ4n) is 5.27. The number of carbonyl (C=O) groups is 2. The molecule has 6 unspecified atom stereocenters. The normalized spacial score (nSPS) is 38.3. The largest absolute Gasteiger partial charge is 0.481 e. The Hall–Kier alpha value is -1.06. The molecule has 2 aliphatic rings. The smallest absolute Gasteiger partial charge is 0.306 e. The van der Waals surface area contributed by atoms with Gasteiger partial charge < -0.3 is 10.2 Å². The average Bonchev–Trinajstić information content (AvgIpc) is 2.46. The van der Waals surface area contributed by atoms with E-state index in [9.17, 15) is 19.8 Å². The van der Waals surface area contributed by atoms with Crippen LogP contribution in [-0.4, -0.2) is 22.2 Å². The van der Waals surface area contributed by atoms with Crippen LogP contribution in [0.5, 0.6) is 0 Å². The molecule has 2 fully saturated rings. The Bertz CT molecular complexity index is 406. The molecule has 0 heterocycles. The summed E-state index contributed by atoms with van der Waals surface area (Å²) in [7, 11) is 0. The quantitative estimate of drug-likeness (QED) is 0.776. The van der Waals surface area contributed by atoms with Crippen molar-refractivity contribution in [3.05, 3.63) is 0 Å². The predicted molar refractivity (Wildman–Crippen MR) is 84.5 cm³/mol. The summed E-state index contributed by atoms with van der Waals surface area (Å²) in [5, 5.41) is 19.2. The van der Waals surface area contributed by atoms with Gasteiger partial charge in [0, 0.05) is 0 Å². The summed E-state index contributed by atoms with van der Waals surface area (Å²) in [5.41, 5.74) is 0. The Kier molecular flexibility index (Phi) is 5.87. The molecule has 0 aliphatic heterocycles. The first-order valence-electron chi connectivity index (χ1n) is 8.93. The first kappa shape index (κ1) is 17.3. The molecular formula is C18H30O4. The third kappa shape index (κ3) is 3.64. The first-order valence-corrected chi connectivity index (χ1v) is 8.93. The van der Waals surface area contributed by atoms with E-state index in [1.54, 1.807) is 0 Å². The lowest BCUT2D eigenvalue weighted by molar-refractivity contribution is -0.154. The van der Waals surface area contributed by atoms with E-state index in [4.69, 9.17) is 0 Å². The maximum Gasteiger partial charge on any atom is 0.306 e. The highest BCUT2D eigenvalue weighted by molar-refractivity contribution is 5.72. The van der Waals surface area contributed by atoms with Crippen LogP contribution in [0.3, 0.4) is 0 Å². The van der Waals surface area contributed by atoms with Gasteiger partial charge in [-0.25, -0.2) is 0 Å². The van der Waals surface area contributed by atoms with Crippen molar-refractivity contribution in [3.63, 3.8) is 0 Å². The lowest BCUT2D eigenvalue weighted by Crippen LogP contribution is -2.46. The summed E-state index contributed by atoms with van der Waals surface area (Å²) in [6, 6.07) is 0. The van der Waals surface area contributed by atoms with Crippen molar-refractivity contribution in [1.82, 2.24) is 0 Å². The Morgan fingerprint density at radius 2 is 1.59 bits per heavy atom. The Morgan fingerprint density at radius 3 is 2.14 bits per heavy atom. The first-order chi connectivity index (χ1) is 10.5. The molecule has 2 aliphatic carbocycles. The average molecular weight is 310 g/mol. The van der Waals surface area contributed by atoms with Crippen LogP contribution in [0.2, 0.25) is 0 Å². The van der Waals surface area contributed by atoms with Crippen molar-refractivity contribution < 1.29 is 19.8 Å². The molecule has 0 saturated heterocycles. The summed E-state index contributed by atoms with van der Waals surface area (Å²) in [6.45, 7) is 4.25. The van der Waals surface area contributed by atoms with Crippen LogP contribution >= 0.6 is 0 Å². The number of carboxylic acids is 2. The van der Waals surface area contributed by atoms with Crippen molar-refractivity contribution in [1.29, 1.82) is 0 Å². The van der Waals surface area contributed by atoms with E-state index in [1.807, 2.05) is 0 Å². The lowest BCUT2D eigenvalue weighted by atomic mass is 9.55. The highest BCUT2D eigenvalue weighted by Gasteiger charge is 2.49. The van der Waals surface area contributed by atoms with Crippen LogP contribution in [0.4, 0.5) is 0 Å². The van der Waals surface area contributed by atoms with Gasteiger partial charge in [-0.15, -0.1) is 0 Å². The van der Waals surface area contributed by atoms with E-state index in [1.165, 1.54) is 0 Å². The van der Waals surface area contributed by atoms with Crippen LogP contribution in [0.15, 0.2) is 0 Å². The molecule has 0 spiro atoms. The van der Waals surface area contributed by atoms with Gasteiger partial charge >= 0.3 is 11.9 Å². The van der Waals surface area contributed by atoms with Crippen LogP contribution in [-0.2, 0) is 9.59 Å².